The Bertz CT molecular complexity index is 430. The third-order valence-electron chi connectivity index (χ3n) is 3.72. The molecule has 0 aliphatic heterocycles. The molecular weight excluding hydrogens is 308 g/mol. The van der Waals surface area contributed by atoms with E-state index in [0.29, 0.717) is 0 Å². The minimum absolute atomic E-state index is 0.115. The zero-order chi connectivity index (χ0) is 17.0. The van der Waals surface area contributed by atoms with E-state index in [-0.39, 0.29) is 6.04 Å². The van der Waals surface area contributed by atoms with E-state index in [1.54, 1.807) is 21.3 Å². The summed E-state index contributed by atoms with van der Waals surface area (Å²) in [6.45, 7) is 1.67. The molecule has 6 heteroatoms. The van der Waals surface area contributed by atoms with Gasteiger partial charge in [-0.05, 0) is 24.9 Å². The minimum atomic E-state index is -2.44. The van der Waals surface area contributed by atoms with E-state index < -0.39 is 8.80 Å². The Labute approximate surface area is 141 Å². The fraction of sp³-hybridized carbons (Fsp3) is 0.529. The van der Waals surface area contributed by atoms with Crippen LogP contribution in [0.2, 0.25) is 6.04 Å². The summed E-state index contributed by atoms with van der Waals surface area (Å²) in [5.74, 6) is 0. The lowest BCUT2D eigenvalue weighted by molar-refractivity contribution is 0.123. The maximum atomic E-state index is 6.11. The molecule has 0 aliphatic rings. The molecule has 0 fully saturated rings. The molecule has 130 valence electrons. The predicted molar refractivity (Wildman–Crippen MR) is 97.1 cm³/mol. The van der Waals surface area contributed by atoms with Gasteiger partial charge in [-0.2, -0.15) is 0 Å². The van der Waals surface area contributed by atoms with Crippen LogP contribution in [-0.4, -0.2) is 49.3 Å². The number of rotatable bonds is 12. The number of hydrogen-bond acceptors (Lipinski definition) is 5. The second-order valence-corrected chi connectivity index (χ2v) is 8.50. The van der Waals surface area contributed by atoms with Crippen LogP contribution in [0.15, 0.2) is 36.4 Å². The number of nitrogens with one attached hydrogen (secondary N) is 1. The molecule has 5 nitrogen and oxygen atoms in total. The molecule has 0 radical (unpaired) electrons. The minimum Gasteiger partial charge on any atom is -0.377 e. The molecule has 0 bridgehead atoms. The second-order valence-electron chi connectivity index (χ2n) is 5.41. The molecule has 0 aliphatic carbocycles. The van der Waals surface area contributed by atoms with Gasteiger partial charge in [-0.1, -0.05) is 42.5 Å². The number of benzene rings is 1. The summed E-state index contributed by atoms with van der Waals surface area (Å²) >= 11 is 0. The van der Waals surface area contributed by atoms with Crippen LogP contribution in [-0.2, 0) is 13.3 Å². The van der Waals surface area contributed by atoms with Gasteiger partial charge in [-0.15, -0.1) is 0 Å². The fourth-order valence-corrected chi connectivity index (χ4v) is 4.02. The Morgan fingerprint density at radius 1 is 1.13 bits per heavy atom. The highest BCUT2D eigenvalue weighted by Gasteiger charge is 2.36. The first-order valence-electron chi connectivity index (χ1n) is 7.99. The van der Waals surface area contributed by atoms with E-state index in [0.717, 1.165) is 32.0 Å². The Kier molecular flexibility index (Phi) is 10.0. The summed E-state index contributed by atoms with van der Waals surface area (Å²) in [4.78, 5) is 0. The van der Waals surface area contributed by atoms with Crippen molar-refractivity contribution >= 4 is 14.9 Å². The molecule has 0 spiro atoms. The Balaban J connectivity index is 2.14. The molecule has 3 N–H and O–H groups in total. The van der Waals surface area contributed by atoms with Crippen molar-refractivity contribution in [3.63, 3.8) is 0 Å². The highest BCUT2D eigenvalue weighted by atomic mass is 28.4. The average Bonchev–Trinajstić information content (AvgIpc) is 2.59. The van der Waals surface area contributed by atoms with E-state index in [4.69, 9.17) is 19.0 Å². The van der Waals surface area contributed by atoms with Gasteiger partial charge < -0.3 is 24.3 Å². The van der Waals surface area contributed by atoms with E-state index in [1.165, 1.54) is 5.56 Å². The highest BCUT2D eigenvalue weighted by molar-refractivity contribution is 6.60. The first-order valence-corrected chi connectivity index (χ1v) is 9.92. The monoisotopic (exact) mass is 338 g/mol. The predicted octanol–water partition coefficient (Wildman–Crippen LogP) is 2.28. The average molecular weight is 339 g/mol. The van der Waals surface area contributed by atoms with Crippen LogP contribution < -0.4 is 11.1 Å². The van der Waals surface area contributed by atoms with Crippen LogP contribution in [0.25, 0.3) is 6.08 Å². The van der Waals surface area contributed by atoms with Crippen molar-refractivity contribution in [2.75, 3.05) is 34.4 Å². The number of nitrogens with two attached hydrogens (primary N) is 1. The van der Waals surface area contributed by atoms with Crippen LogP contribution in [0.4, 0.5) is 0 Å². The van der Waals surface area contributed by atoms with Crippen molar-refractivity contribution in [2.45, 2.75) is 24.9 Å². The Morgan fingerprint density at radius 3 is 2.39 bits per heavy atom. The molecule has 0 heterocycles. The summed E-state index contributed by atoms with van der Waals surface area (Å²) in [5.41, 5.74) is 7.31. The summed E-state index contributed by atoms with van der Waals surface area (Å²) < 4.78 is 16.2. The van der Waals surface area contributed by atoms with Crippen molar-refractivity contribution in [3.8, 4) is 0 Å². The van der Waals surface area contributed by atoms with E-state index in [9.17, 15) is 0 Å². The van der Waals surface area contributed by atoms with E-state index in [1.807, 2.05) is 18.2 Å². The highest BCUT2D eigenvalue weighted by Crippen LogP contribution is 2.14. The molecule has 1 aromatic rings. The van der Waals surface area contributed by atoms with Gasteiger partial charge in [0.25, 0.3) is 0 Å². The van der Waals surface area contributed by atoms with Crippen molar-refractivity contribution in [1.82, 2.24) is 5.32 Å². The SMILES string of the molecule is CO[Si](CCCNCC(N)CC=Cc1ccccc1)(OC)OC. The summed E-state index contributed by atoms with van der Waals surface area (Å²) in [5, 5.41) is 3.38. The largest absolute Gasteiger partial charge is 0.500 e. The first kappa shape index (κ1) is 20.0. The fourth-order valence-electron chi connectivity index (χ4n) is 2.30. The van der Waals surface area contributed by atoms with Crippen molar-refractivity contribution in [3.05, 3.63) is 42.0 Å². The van der Waals surface area contributed by atoms with Crippen LogP contribution in [0.5, 0.6) is 0 Å². The van der Waals surface area contributed by atoms with Gasteiger partial charge in [0, 0.05) is 40.0 Å². The Morgan fingerprint density at radius 2 is 1.78 bits per heavy atom. The third kappa shape index (κ3) is 7.87. The smallest absolute Gasteiger partial charge is 0.377 e. The zero-order valence-corrected chi connectivity index (χ0v) is 15.5. The molecule has 1 atom stereocenters. The number of hydrogen-bond donors (Lipinski definition) is 2. The standard InChI is InChI=1S/C17H30N2O3Si/c1-20-23(21-2,22-3)14-8-13-19-15-17(18)12-7-11-16-9-5-4-6-10-16/h4-7,9-11,17,19H,8,12-15,18H2,1-3H3. The second kappa shape index (κ2) is 11.5. The Hall–Kier alpha value is -1.02. The van der Waals surface area contributed by atoms with Crippen LogP contribution in [0.3, 0.4) is 0 Å². The third-order valence-corrected chi connectivity index (χ3v) is 6.56. The summed E-state index contributed by atoms with van der Waals surface area (Å²) in [6.07, 6.45) is 6.03. The molecule has 0 saturated heterocycles. The van der Waals surface area contributed by atoms with Gasteiger partial charge in [0.05, 0.1) is 0 Å². The molecule has 1 unspecified atom stereocenters. The lowest BCUT2D eigenvalue weighted by atomic mass is 10.1. The molecule has 1 aromatic carbocycles. The summed E-state index contributed by atoms with van der Waals surface area (Å²) in [6, 6.07) is 11.2. The maximum Gasteiger partial charge on any atom is 0.500 e. The lowest BCUT2D eigenvalue weighted by Crippen LogP contribution is -2.43. The molecular formula is C17H30N2O3Si. The maximum absolute atomic E-state index is 6.11. The van der Waals surface area contributed by atoms with E-state index in [2.05, 4.69) is 29.6 Å². The molecule has 23 heavy (non-hydrogen) atoms. The van der Waals surface area contributed by atoms with E-state index >= 15 is 0 Å². The van der Waals surface area contributed by atoms with Gasteiger partial charge in [-0.3, -0.25) is 0 Å². The van der Waals surface area contributed by atoms with Gasteiger partial charge in [0.15, 0.2) is 0 Å². The van der Waals surface area contributed by atoms with Crippen LogP contribution in [0, 0.1) is 0 Å². The molecule has 0 aromatic heterocycles. The lowest BCUT2D eigenvalue weighted by Gasteiger charge is -2.24. The molecule has 0 saturated carbocycles. The normalized spacial score (nSPS) is 13.6. The van der Waals surface area contributed by atoms with Crippen LogP contribution in [0.1, 0.15) is 18.4 Å². The molecule has 0 amide bonds. The van der Waals surface area contributed by atoms with Gasteiger partial charge in [0.1, 0.15) is 0 Å². The van der Waals surface area contributed by atoms with Gasteiger partial charge in [-0.25, -0.2) is 0 Å². The van der Waals surface area contributed by atoms with Crippen LogP contribution >= 0.6 is 0 Å². The summed E-state index contributed by atoms with van der Waals surface area (Å²) in [7, 11) is 2.49. The van der Waals surface area contributed by atoms with Crippen molar-refractivity contribution in [1.29, 1.82) is 0 Å². The topological polar surface area (TPSA) is 65.7 Å². The zero-order valence-electron chi connectivity index (χ0n) is 14.5. The first-order chi connectivity index (χ1) is 11.2. The van der Waals surface area contributed by atoms with Gasteiger partial charge >= 0.3 is 8.80 Å². The van der Waals surface area contributed by atoms with Crippen molar-refractivity contribution < 1.29 is 13.3 Å². The molecule has 1 rings (SSSR count). The van der Waals surface area contributed by atoms with Crippen molar-refractivity contribution in [2.24, 2.45) is 5.73 Å². The van der Waals surface area contributed by atoms with Gasteiger partial charge in [0.2, 0.25) is 0 Å². The quantitative estimate of drug-likeness (QED) is 0.452.